The average Bonchev–Trinajstić information content (AvgIpc) is 3.04. The number of unbranched alkanes of at least 4 members (excludes halogenated alkanes) is 4. The maximum absolute atomic E-state index is 11.2. The van der Waals surface area contributed by atoms with Crippen LogP contribution in [0.3, 0.4) is 0 Å². The molecular formula is C22H34O7. The van der Waals surface area contributed by atoms with Crippen LogP contribution in [0.1, 0.15) is 77.6 Å². The minimum Gasteiger partial charge on any atom is -0.506 e. The van der Waals surface area contributed by atoms with Crippen molar-refractivity contribution < 1.29 is 35.1 Å². The minimum atomic E-state index is -1.70. The quantitative estimate of drug-likeness (QED) is 0.142. The van der Waals surface area contributed by atoms with Gasteiger partial charge in [0, 0.05) is 18.8 Å². The van der Waals surface area contributed by atoms with Gasteiger partial charge in [-0.25, -0.2) is 4.79 Å². The van der Waals surface area contributed by atoms with Crippen LogP contribution in [0.25, 0.3) is 0 Å². The van der Waals surface area contributed by atoms with Crippen molar-refractivity contribution in [3.05, 3.63) is 11.5 Å². The molecule has 1 rings (SSSR count). The number of hydrogen-bond acceptors (Lipinski definition) is 5. The van der Waals surface area contributed by atoms with Gasteiger partial charge >= 0.3 is 11.9 Å². The van der Waals surface area contributed by atoms with E-state index < -0.39 is 29.6 Å². The number of rotatable bonds is 12. The molecule has 29 heavy (non-hydrogen) atoms. The molecule has 0 aromatic carbocycles. The van der Waals surface area contributed by atoms with Gasteiger partial charge in [-0.3, -0.25) is 4.79 Å². The second-order valence-electron chi connectivity index (χ2n) is 7.82. The number of aliphatic hydroxyl groups excluding tert-OH is 3. The highest BCUT2D eigenvalue weighted by molar-refractivity contribution is 5.84. The van der Waals surface area contributed by atoms with E-state index in [0.717, 1.165) is 25.7 Å². The molecule has 0 aromatic rings. The third-order valence-electron chi connectivity index (χ3n) is 5.63. The molecule has 5 N–H and O–H groups in total. The molecule has 7 heteroatoms. The second kappa shape index (κ2) is 13.1. The van der Waals surface area contributed by atoms with Gasteiger partial charge in [0.2, 0.25) is 5.76 Å². The molecule has 0 aliphatic heterocycles. The third-order valence-corrected chi connectivity index (χ3v) is 5.63. The van der Waals surface area contributed by atoms with Gasteiger partial charge in [0.25, 0.3) is 0 Å². The highest BCUT2D eigenvalue weighted by Crippen LogP contribution is 2.42. The van der Waals surface area contributed by atoms with E-state index in [1.165, 1.54) is 19.3 Å². The Bertz CT molecular complexity index is 629. The predicted octanol–water partition coefficient (Wildman–Crippen LogP) is 4.02. The van der Waals surface area contributed by atoms with Crippen molar-refractivity contribution in [1.82, 2.24) is 0 Å². The SMILES string of the molecule is CCCCCCC#C[C@H]1CCC(CC(=O)O)[C@@H]1CCC[C@H](O)C(O)=C(O)C(=O)O. The highest BCUT2D eigenvalue weighted by atomic mass is 16.4. The van der Waals surface area contributed by atoms with E-state index in [9.17, 15) is 30.0 Å². The molecule has 1 aliphatic rings. The molecule has 0 bridgehead atoms. The standard InChI is InChI=1S/C22H34O7/c1-2-3-4-5-6-7-9-15-12-13-16(14-19(24)25)17(15)10-8-11-18(23)20(26)21(27)22(28)29/h15-18,23,26-27H,2-6,8,10-14H2,1H3,(H,24,25)(H,28,29)/t15-,16?,17+,18-/m0/s1. The Kier molecular flexibility index (Phi) is 11.2. The van der Waals surface area contributed by atoms with Gasteiger partial charge in [-0.1, -0.05) is 38.5 Å². The van der Waals surface area contributed by atoms with Crippen LogP contribution in [0.5, 0.6) is 0 Å². The van der Waals surface area contributed by atoms with Crippen molar-refractivity contribution >= 4 is 11.9 Å². The van der Waals surface area contributed by atoms with E-state index in [1.54, 1.807) is 0 Å². The zero-order valence-corrected chi connectivity index (χ0v) is 17.1. The molecule has 0 amide bonds. The van der Waals surface area contributed by atoms with Gasteiger partial charge < -0.3 is 25.5 Å². The molecular weight excluding hydrogens is 376 g/mol. The fourth-order valence-corrected chi connectivity index (χ4v) is 4.04. The topological polar surface area (TPSA) is 135 Å². The zero-order chi connectivity index (χ0) is 21.8. The summed E-state index contributed by atoms with van der Waals surface area (Å²) < 4.78 is 0. The molecule has 1 fully saturated rings. The molecule has 1 aliphatic carbocycles. The van der Waals surface area contributed by atoms with Crippen LogP contribution in [-0.4, -0.2) is 43.6 Å². The molecule has 7 nitrogen and oxygen atoms in total. The minimum absolute atomic E-state index is 0.0283. The number of aliphatic carboxylic acids is 2. The molecule has 4 atom stereocenters. The van der Waals surface area contributed by atoms with Gasteiger partial charge in [-0.05, 0) is 43.9 Å². The second-order valence-corrected chi connectivity index (χ2v) is 7.82. The van der Waals surface area contributed by atoms with Crippen molar-refractivity contribution in [2.75, 3.05) is 0 Å². The first kappa shape index (κ1) is 24.8. The first-order chi connectivity index (χ1) is 13.8. The van der Waals surface area contributed by atoms with Crippen LogP contribution in [-0.2, 0) is 9.59 Å². The van der Waals surface area contributed by atoms with Gasteiger partial charge in [-0.2, -0.15) is 0 Å². The Morgan fingerprint density at radius 2 is 1.76 bits per heavy atom. The third kappa shape index (κ3) is 8.78. The summed E-state index contributed by atoms with van der Waals surface area (Å²) in [6.45, 7) is 2.16. The first-order valence-electron chi connectivity index (χ1n) is 10.5. The first-order valence-corrected chi connectivity index (χ1v) is 10.5. The van der Waals surface area contributed by atoms with Crippen LogP contribution in [0, 0.1) is 29.6 Å². The Balaban J connectivity index is 2.64. The lowest BCUT2D eigenvalue weighted by atomic mass is 9.83. The van der Waals surface area contributed by atoms with E-state index in [1.807, 2.05) is 0 Å². The van der Waals surface area contributed by atoms with Gasteiger partial charge in [-0.15, -0.1) is 5.92 Å². The van der Waals surface area contributed by atoms with E-state index in [4.69, 9.17) is 5.11 Å². The summed E-state index contributed by atoms with van der Waals surface area (Å²) >= 11 is 0. The lowest BCUT2D eigenvalue weighted by Crippen LogP contribution is -2.19. The van der Waals surface area contributed by atoms with Crippen molar-refractivity contribution in [2.45, 2.75) is 83.7 Å². The van der Waals surface area contributed by atoms with Crippen LogP contribution in [0.15, 0.2) is 11.5 Å². The van der Waals surface area contributed by atoms with E-state index in [0.29, 0.717) is 12.8 Å². The maximum atomic E-state index is 11.2. The summed E-state index contributed by atoms with van der Waals surface area (Å²) in [6, 6.07) is 0. The van der Waals surface area contributed by atoms with Crippen LogP contribution >= 0.6 is 0 Å². The van der Waals surface area contributed by atoms with Gasteiger partial charge in [0.15, 0.2) is 5.76 Å². The van der Waals surface area contributed by atoms with Crippen molar-refractivity contribution in [3.63, 3.8) is 0 Å². The lowest BCUT2D eigenvalue weighted by Gasteiger charge is -2.22. The molecule has 1 unspecified atom stereocenters. The maximum Gasteiger partial charge on any atom is 0.374 e. The zero-order valence-electron chi connectivity index (χ0n) is 17.1. The molecule has 164 valence electrons. The molecule has 0 aromatic heterocycles. The fraction of sp³-hybridized carbons (Fsp3) is 0.727. The Morgan fingerprint density at radius 1 is 1.03 bits per heavy atom. The molecule has 0 spiro atoms. The lowest BCUT2D eigenvalue weighted by molar-refractivity contribution is -0.138. The molecule has 0 heterocycles. The number of hydrogen-bond donors (Lipinski definition) is 5. The molecule has 0 radical (unpaired) electrons. The number of carboxylic acid groups (broad SMARTS) is 2. The summed E-state index contributed by atoms with van der Waals surface area (Å²) in [4.78, 5) is 21.8. The van der Waals surface area contributed by atoms with E-state index in [2.05, 4.69) is 18.8 Å². The van der Waals surface area contributed by atoms with Gasteiger partial charge in [0.1, 0.15) is 6.10 Å². The van der Waals surface area contributed by atoms with Crippen LogP contribution < -0.4 is 0 Å². The Hall–Kier alpha value is -2.20. The normalized spacial score (nSPS) is 23.0. The summed E-state index contributed by atoms with van der Waals surface area (Å²) in [7, 11) is 0. The highest BCUT2D eigenvalue weighted by Gasteiger charge is 2.36. The average molecular weight is 411 g/mol. The fourth-order valence-electron chi connectivity index (χ4n) is 4.04. The van der Waals surface area contributed by atoms with Crippen LogP contribution in [0.4, 0.5) is 0 Å². The van der Waals surface area contributed by atoms with Crippen LogP contribution in [0.2, 0.25) is 0 Å². The molecule has 1 saturated carbocycles. The number of carboxylic acids is 2. The predicted molar refractivity (Wildman–Crippen MR) is 108 cm³/mol. The summed E-state index contributed by atoms with van der Waals surface area (Å²) in [5, 5.41) is 46.5. The summed E-state index contributed by atoms with van der Waals surface area (Å²) in [6.07, 6.45) is 6.93. The largest absolute Gasteiger partial charge is 0.506 e. The number of aliphatic hydroxyl groups is 3. The Labute approximate surface area is 172 Å². The smallest absolute Gasteiger partial charge is 0.374 e. The monoisotopic (exact) mass is 410 g/mol. The van der Waals surface area contributed by atoms with Crippen molar-refractivity contribution in [1.29, 1.82) is 0 Å². The van der Waals surface area contributed by atoms with E-state index >= 15 is 0 Å². The molecule has 0 saturated heterocycles. The number of carbonyl (C=O) groups is 2. The van der Waals surface area contributed by atoms with Gasteiger partial charge in [0.05, 0.1) is 0 Å². The van der Waals surface area contributed by atoms with E-state index in [-0.39, 0.29) is 30.6 Å². The summed E-state index contributed by atoms with van der Waals surface area (Å²) in [5.74, 6) is 2.08. The Morgan fingerprint density at radius 3 is 2.38 bits per heavy atom. The van der Waals surface area contributed by atoms with Crippen molar-refractivity contribution in [2.24, 2.45) is 17.8 Å². The summed E-state index contributed by atoms with van der Waals surface area (Å²) in [5.41, 5.74) is 0. The van der Waals surface area contributed by atoms with Crippen molar-refractivity contribution in [3.8, 4) is 11.8 Å².